The molecule has 3 aromatic rings. The smallest absolute Gasteiger partial charge is 0.422 e. The second-order valence-corrected chi connectivity index (χ2v) is 8.35. The van der Waals surface area contributed by atoms with Crippen LogP contribution in [0.15, 0.2) is 52.3 Å². The average molecular weight is 460 g/mol. The summed E-state index contributed by atoms with van der Waals surface area (Å²) >= 11 is 0. The minimum absolute atomic E-state index is 0.204. The first-order chi connectivity index (χ1) is 15.4. The molecular formula is C25H27F3N2O3. The van der Waals surface area contributed by atoms with Crippen molar-refractivity contribution in [3.05, 3.63) is 69.5 Å². The molecule has 1 aromatic heterocycles. The Balaban J connectivity index is 2.07. The van der Waals surface area contributed by atoms with Gasteiger partial charge in [0.2, 0.25) is 5.56 Å². The van der Waals surface area contributed by atoms with E-state index in [4.69, 9.17) is 4.74 Å². The number of hydrogen-bond donors (Lipinski definition) is 2. The molecule has 176 valence electrons. The van der Waals surface area contributed by atoms with Crippen LogP contribution in [0, 0.1) is 19.8 Å². The number of rotatable bonds is 6. The van der Waals surface area contributed by atoms with Crippen LogP contribution >= 0.6 is 0 Å². The van der Waals surface area contributed by atoms with Crippen molar-refractivity contribution in [2.75, 3.05) is 7.11 Å². The summed E-state index contributed by atoms with van der Waals surface area (Å²) in [5, 5.41) is 11.4. The van der Waals surface area contributed by atoms with E-state index < -0.39 is 23.6 Å². The Morgan fingerprint density at radius 2 is 1.79 bits per heavy atom. The number of aliphatic hydroxyl groups is 1. The van der Waals surface area contributed by atoms with E-state index in [-0.39, 0.29) is 11.2 Å². The summed E-state index contributed by atoms with van der Waals surface area (Å²) in [7, 11) is 1.48. The maximum absolute atomic E-state index is 14.2. The van der Waals surface area contributed by atoms with Gasteiger partial charge in [0.1, 0.15) is 5.75 Å². The lowest BCUT2D eigenvalue weighted by molar-refractivity contribution is -0.246. The Kier molecular flexibility index (Phi) is 6.70. The number of pyridine rings is 1. The van der Waals surface area contributed by atoms with Crippen LogP contribution in [-0.2, 0) is 0 Å². The van der Waals surface area contributed by atoms with E-state index in [1.165, 1.54) is 32.2 Å². The van der Waals surface area contributed by atoms with Gasteiger partial charge in [0.15, 0.2) is 5.60 Å². The van der Waals surface area contributed by atoms with Gasteiger partial charge >= 0.3 is 6.18 Å². The zero-order valence-electron chi connectivity index (χ0n) is 19.1. The van der Waals surface area contributed by atoms with Crippen molar-refractivity contribution in [1.29, 1.82) is 0 Å². The number of aromatic amines is 1. The molecule has 8 heteroatoms. The van der Waals surface area contributed by atoms with Gasteiger partial charge in [-0.15, -0.1) is 0 Å². The van der Waals surface area contributed by atoms with E-state index >= 15 is 0 Å². The van der Waals surface area contributed by atoms with Crippen molar-refractivity contribution in [2.24, 2.45) is 10.9 Å². The molecule has 33 heavy (non-hydrogen) atoms. The highest BCUT2D eigenvalue weighted by molar-refractivity contribution is 5.91. The summed E-state index contributed by atoms with van der Waals surface area (Å²) in [6.07, 6.45) is -4.42. The zero-order valence-corrected chi connectivity index (χ0v) is 19.1. The SMILES string of the molecule is COc1c(C(C)C(C)C(O)(/C=N/c2cccc3[nH]c(=O)ccc23)C(F)(F)F)ccc(C)c1C. The van der Waals surface area contributed by atoms with E-state index in [9.17, 15) is 23.1 Å². The van der Waals surface area contributed by atoms with Crippen molar-refractivity contribution >= 4 is 22.8 Å². The molecule has 0 bridgehead atoms. The summed E-state index contributed by atoms with van der Waals surface area (Å²) < 4.78 is 48.1. The summed E-state index contributed by atoms with van der Waals surface area (Å²) in [4.78, 5) is 18.2. The zero-order chi connectivity index (χ0) is 24.6. The first kappa shape index (κ1) is 24.5. The Morgan fingerprint density at radius 1 is 1.09 bits per heavy atom. The van der Waals surface area contributed by atoms with Crippen molar-refractivity contribution in [1.82, 2.24) is 4.98 Å². The number of fused-ring (bicyclic) bond motifs is 1. The molecule has 0 amide bonds. The number of H-pyrrole nitrogens is 1. The lowest BCUT2D eigenvalue weighted by Crippen LogP contribution is -2.53. The van der Waals surface area contributed by atoms with Crippen LogP contribution in [0.5, 0.6) is 5.75 Å². The van der Waals surface area contributed by atoms with Crippen LogP contribution in [0.3, 0.4) is 0 Å². The number of benzene rings is 2. The van der Waals surface area contributed by atoms with Gasteiger partial charge in [0.05, 0.1) is 18.3 Å². The first-order valence-electron chi connectivity index (χ1n) is 10.5. The molecule has 2 aromatic carbocycles. The first-order valence-corrected chi connectivity index (χ1v) is 10.5. The number of ether oxygens (including phenoxy) is 1. The van der Waals surface area contributed by atoms with Crippen LogP contribution in [0.2, 0.25) is 0 Å². The third-order valence-electron chi connectivity index (χ3n) is 6.44. The maximum Gasteiger partial charge on any atom is 0.422 e. The van der Waals surface area contributed by atoms with Gasteiger partial charge in [0, 0.05) is 23.6 Å². The molecule has 0 spiro atoms. The fourth-order valence-electron chi connectivity index (χ4n) is 3.99. The number of alkyl halides is 3. The molecule has 2 N–H and O–H groups in total. The quantitative estimate of drug-likeness (QED) is 0.471. The van der Waals surface area contributed by atoms with E-state index in [2.05, 4.69) is 9.98 Å². The van der Waals surface area contributed by atoms with E-state index in [1.807, 2.05) is 19.9 Å². The standard InChI is InChI=1S/C25H27F3N2O3/c1-14-9-10-18(23(33-5)15(14)2)16(3)17(4)24(32,25(26,27)28)13-29-20-7-6-8-21-19(20)11-12-22(31)30-21/h6-13,16-17,32H,1-5H3,(H,30,31)/b29-13+. The lowest BCUT2D eigenvalue weighted by atomic mass is 9.76. The Morgan fingerprint density at radius 3 is 2.42 bits per heavy atom. The molecule has 3 rings (SSSR count). The van der Waals surface area contributed by atoms with E-state index in [0.29, 0.717) is 28.4 Å². The van der Waals surface area contributed by atoms with Gasteiger partial charge in [-0.05, 0) is 54.7 Å². The van der Waals surface area contributed by atoms with Crippen LogP contribution < -0.4 is 10.3 Å². The van der Waals surface area contributed by atoms with Crippen molar-refractivity contribution in [3.63, 3.8) is 0 Å². The van der Waals surface area contributed by atoms with Crippen LogP contribution in [0.4, 0.5) is 18.9 Å². The molecular weight excluding hydrogens is 433 g/mol. The number of aliphatic imine (C=N–C) groups is 1. The highest BCUT2D eigenvalue weighted by Gasteiger charge is 2.57. The third-order valence-corrected chi connectivity index (χ3v) is 6.44. The predicted octanol–water partition coefficient (Wildman–Crippen LogP) is 5.59. The number of nitrogens with one attached hydrogen (secondary N) is 1. The molecule has 0 saturated carbocycles. The second kappa shape index (κ2) is 9.02. The molecule has 0 saturated heterocycles. The van der Waals surface area contributed by atoms with Gasteiger partial charge in [-0.25, -0.2) is 0 Å². The fourth-order valence-corrected chi connectivity index (χ4v) is 3.99. The fraction of sp³-hybridized carbons (Fsp3) is 0.360. The molecule has 0 aliphatic carbocycles. The van der Waals surface area contributed by atoms with Gasteiger partial charge in [-0.3, -0.25) is 9.79 Å². The summed E-state index contributed by atoms with van der Waals surface area (Å²) in [5.74, 6) is -1.48. The molecule has 0 radical (unpaired) electrons. The average Bonchev–Trinajstić information content (AvgIpc) is 2.77. The van der Waals surface area contributed by atoms with E-state index in [0.717, 1.165) is 11.1 Å². The van der Waals surface area contributed by atoms with Gasteiger partial charge in [-0.2, -0.15) is 13.2 Å². The minimum atomic E-state index is -4.98. The van der Waals surface area contributed by atoms with Gasteiger partial charge < -0.3 is 14.8 Å². The lowest BCUT2D eigenvalue weighted by Gasteiger charge is -2.36. The molecule has 3 unspecified atom stereocenters. The summed E-state index contributed by atoms with van der Waals surface area (Å²) in [6, 6.07) is 11.0. The molecule has 3 atom stereocenters. The van der Waals surface area contributed by atoms with Crippen LogP contribution in [-0.4, -0.2) is 35.2 Å². The Hall–Kier alpha value is -3.13. The van der Waals surface area contributed by atoms with E-state index in [1.54, 1.807) is 25.1 Å². The van der Waals surface area contributed by atoms with Crippen molar-refractivity contribution in [2.45, 2.75) is 45.4 Å². The molecule has 0 aliphatic rings. The monoisotopic (exact) mass is 460 g/mol. The molecule has 1 heterocycles. The number of methoxy groups -OCH3 is 1. The second-order valence-electron chi connectivity index (χ2n) is 8.35. The van der Waals surface area contributed by atoms with Crippen molar-refractivity contribution < 1.29 is 23.0 Å². The summed E-state index contributed by atoms with van der Waals surface area (Å²) in [6.45, 7) is 6.72. The van der Waals surface area contributed by atoms with Crippen LogP contribution in [0.25, 0.3) is 10.9 Å². The number of aryl methyl sites for hydroxylation is 1. The largest absolute Gasteiger partial charge is 0.496 e. The molecule has 5 nitrogen and oxygen atoms in total. The maximum atomic E-state index is 14.2. The Bertz CT molecular complexity index is 1250. The van der Waals surface area contributed by atoms with Crippen molar-refractivity contribution in [3.8, 4) is 5.75 Å². The topological polar surface area (TPSA) is 74.7 Å². The predicted molar refractivity (Wildman–Crippen MR) is 124 cm³/mol. The number of halogens is 3. The normalized spacial score (nSPS) is 16.0. The minimum Gasteiger partial charge on any atom is -0.496 e. The van der Waals surface area contributed by atoms with Gasteiger partial charge in [-0.1, -0.05) is 32.0 Å². The number of nitrogens with zero attached hydrogens (tertiary/aromatic N) is 1. The Labute approximate surface area is 190 Å². The highest BCUT2D eigenvalue weighted by atomic mass is 19.4. The third kappa shape index (κ3) is 4.53. The van der Waals surface area contributed by atoms with Crippen LogP contribution in [0.1, 0.15) is 36.5 Å². The number of aromatic nitrogens is 1. The summed E-state index contributed by atoms with van der Waals surface area (Å²) in [5.41, 5.74) is -0.531. The molecule has 0 aliphatic heterocycles. The molecule has 0 fully saturated rings. The highest BCUT2D eigenvalue weighted by Crippen LogP contribution is 2.44. The van der Waals surface area contributed by atoms with Gasteiger partial charge in [0.25, 0.3) is 0 Å². The number of hydrogen-bond acceptors (Lipinski definition) is 4.